The maximum atomic E-state index is 11.9. The first kappa shape index (κ1) is 18.8. The van der Waals surface area contributed by atoms with Gasteiger partial charge in [0.2, 0.25) is 11.0 Å². The van der Waals surface area contributed by atoms with Crippen LogP contribution < -0.4 is 5.32 Å². The minimum Gasteiger partial charge on any atom is -0.300 e. The summed E-state index contributed by atoms with van der Waals surface area (Å²) in [7, 11) is 0. The largest absolute Gasteiger partial charge is 0.300 e. The van der Waals surface area contributed by atoms with E-state index >= 15 is 0 Å². The number of nitriles is 1. The molecule has 2 aromatic rings. The predicted molar refractivity (Wildman–Crippen MR) is 101 cm³/mol. The van der Waals surface area contributed by atoms with Gasteiger partial charge in [-0.3, -0.25) is 10.1 Å². The lowest BCUT2D eigenvalue weighted by atomic mass is 10.2. The molecule has 5 nitrogen and oxygen atoms in total. The maximum absolute atomic E-state index is 11.9. The molecular formula is C16H18N4OS3. The van der Waals surface area contributed by atoms with Gasteiger partial charge in [0.15, 0.2) is 4.34 Å². The molecule has 0 radical (unpaired) electrons. The molecule has 24 heavy (non-hydrogen) atoms. The first-order valence-electron chi connectivity index (χ1n) is 7.25. The number of carbonyl (C=O) groups excluding carboxylic acids is 1. The lowest BCUT2D eigenvalue weighted by Crippen LogP contribution is -2.18. The molecule has 8 heteroatoms. The number of amides is 1. The molecule has 0 aliphatic carbocycles. The molecule has 126 valence electrons. The Morgan fingerprint density at radius 3 is 2.62 bits per heavy atom. The SMILES string of the molecule is CC(C)(C)SCC(=O)Nc1nnc(SCc2ccc(C#N)cc2)s1. The van der Waals surface area contributed by atoms with E-state index in [4.69, 9.17) is 5.26 Å². The molecule has 0 spiro atoms. The standard InChI is InChI=1S/C16H18N4OS3/c1-16(2,3)23-10-13(21)18-14-19-20-15(24-14)22-9-12-6-4-11(8-17)5-7-12/h4-7H,9-10H2,1-3H3,(H,18,19,21). The van der Waals surface area contributed by atoms with E-state index in [2.05, 4.69) is 42.4 Å². The molecule has 2 rings (SSSR count). The van der Waals surface area contributed by atoms with E-state index in [1.165, 1.54) is 11.3 Å². The number of rotatable bonds is 6. The summed E-state index contributed by atoms with van der Waals surface area (Å²) in [6.07, 6.45) is 0. The Balaban J connectivity index is 1.82. The van der Waals surface area contributed by atoms with Crippen molar-refractivity contribution in [1.29, 1.82) is 5.26 Å². The fourth-order valence-electron chi connectivity index (χ4n) is 1.58. The van der Waals surface area contributed by atoms with Gasteiger partial charge in [-0.15, -0.1) is 22.0 Å². The fourth-order valence-corrected chi connectivity index (χ4v) is 3.94. The van der Waals surface area contributed by atoms with Crippen molar-refractivity contribution in [2.45, 2.75) is 35.6 Å². The van der Waals surface area contributed by atoms with Crippen molar-refractivity contribution in [3.63, 3.8) is 0 Å². The average molecular weight is 379 g/mol. The number of nitrogens with one attached hydrogen (secondary N) is 1. The molecule has 0 aliphatic rings. The molecule has 1 amide bonds. The molecule has 1 aromatic heterocycles. The van der Waals surface area contributed by atoms with E-state index < -0.39 is 0 Å². The van der Waals surface area contributed by atoms with E-state index in [-0.39, 0.29) is 10.7 Å². The maximum Gasteiger partial charge on any atom is 0.236 e. The van der Waals surface area contributed by atoms with Crippen molar-refractivity contribution in [3.05, 3.63) is 35.4 Å². The third kappa shape index (κ3) is 6.51. The van der Waals surface area contributed by atoms with Gasteiger partial charge in [0.05, 0.1) is 17.4 Å². The van der Waals surface area contributed by atoms with Gasteiger partial charge in [-0.25, -0.2) is 0 Å². The predicted octanol–water partition coefficient (Wildman–Crippen LogP) is 4.17. The van der Waals surface area contributed by atoms with Crippen LogP contribution in [0, 0.1) is 11.3 Å². The van der Waals surface area contributed by atoms with Crippen molar-refractivity contribution >= 4 is 45.9 Å². The normalized spacial score (nSPS) is 11.1. The second kappa shape index (κ2) is 8.51. The van der Waals surface area contributed by atoms with Crippen LogP contribution in [0.1, 0.15) is 31.9 Å². The van der Waals surface area contributed by atoms with Crippen molar-refractivity contribution < 1.29 is 4.79 Å². The van der Waals surface area contributed by atoms with Gasteiger partial charge in [-0.05, 0) is 17.7 Å². The van der Waals surface area contributed by atoms with Crippen LogP contribution in [0.5, 0.6) is 0 Å². The summed E-state index contributed by atoms with van der Waals surface area (Å²) in [5, 5.41) is 20.2. The van der Waals surface area contributed by atoms with Gasteiger partial charge in [-0.1, -0.05) is 56.0 Å². The van der Waals surface area contributed by atoms with Gasteiger partial charge >= 0.3 is 0 Å². The zero-order chi connectivity index (χ0) is 17.6. The summed E-state index contributed by atoms with van der Waals surface area (Å²) >= 11 is 4.52. The number of benzene rings is 1. The van der Waals surface area contributed by atoms with Crippen LogP contribution in [-0.2, 0) is 10.5 Å². The lowest BCUT2D eigenvalue weighted by Gasteiger charge is -2.16. The highest BCUT2D eigenvalue weighted by Crippen LogP contribution is 2.29. The molecule has 0 bridgehead atoms. The Labute approximate surface area is 154 Å². The summed E-state index contributed by atoms with van der Waals surface area (Å²) < 4.78 is 0.860. The van der Waals surface area contributed by atoms with Crippen LogP contribution in [-0.4, -0.2) is 26.6 Å². The summed E-state index contributed by atoms with van der Waals surface area (Å²) in [6, 6.07) is 9.56. The van der Waals surface area contributed by atoms with Crippen molar-refractivity contribution in [1.82, 2.24) is 10.2 Å². The van der Waals surface area contributed by atoms with E-state index in [9.17, 15) is 4.79 Å². The molecule has 0 aliphatic heterocycles. The third-order valence-electron chi connectivity index (χ3n) is 2.73. The first-order chi connectivity index (χ1) is 11.4. The zero-order valence-corrected chi connectivity index (χ0v) is 16.1. The van der Waals surface area contributed by atoms with E-state index in [1.807, 2.05) is 12.1 Å². The summed E-state index contributed by atoms with van der Waals surface area (Å²) in [5.74, 6) is 1.08. The number of hydrogen-bond donors (Lipinski definition) is 1. The molecule has 1 N–H and O–H groups in total. The number of aromatic nitrogens is 2. The lowest BCUT2D eigenvalue weighted by molar-refractivity contribution is -0.113. The monoisotopic (exact) mass is 378 g/mol. The van der Waals surface area contributed by atoms with Crippen molar-refractivity contribution in [2.24, 2.45) is 0 Å². The van der Waals surface area contributed by atoms with Gasteiger partial charge in [0, 0.05) is 10.5 Å². The Morgan fingerprint density at radius 1 is 1.29 bits per heavy atom. The van der Waals surface area contributed by atoms with Gasteiger partial charge < -0.3 is 0 Å². The molecule has 1 aromatic carbocycles. The second-order valence-electron chi connectivity index (χ2n) is 5.92. The second-order valence-corrected chi connectivity index (χ2v) is 9.92. The fraction of sp³-hybridized carbons (Fsp3) is 0.375. The molecule has 0 fully saturated rings. The molecule has 0 unspecified atom stereocenters. The van der Waals surface area contributed by atoms with Crippen molar-refractivity contribution in [2.75, 3.05) is 11.1 Å². The third-order valence-corrected chi connectivity index (χ3v) is 6.05. The average Bonchev–Trinajstić information content (AvgIpc) is 2.98. The highest BCUT2D eigenvalue weighted by atomic mass is 32.2. The topological polar surface area (TPSA) is 78.7 Å². The number of thioether (sulfide) groups is 2. The molecule has 0 atom stereocenters. The number of hydrogen-bond acceptors (Lipinski definition) is 7. The Hall–Kier alpha value is -1.56. The van der Waals surface area contributed by atoms with Crippen molar-refractivity contribution in [3.8, 4) is 6.07 Å². The van der Waals surface area contributed by atoms with Crippen LogP contribution in [0.3, 0.4) is 0 Å². The number of nitrogens with zero attached hydrogens (tertiary/aromatic N) is 3. The Morgan fingerprint density at radius 2 is 2.00 bits per heavy atom. The molecule has 1 heterocycles. The Kier molecular flexibility index (Phi) is 6.66. The van der Waals surface area contributed by atoms with Crippen LogP contribution in [0.15, 0.2) is 28.6 Å². The summed E-state index contributed by atoms with van der Waals surface area (Å²) in [4.78, 5) is 11.9. The highest BCUT2D eigenvalue weighted by Gasteiger charge is 2.14. The zero-order valence-electron chi connectivity index (χ0n) is 13.7. The first-order valence-corrected chi connectivity index (χ1v) is 10.0. The van der Waals surface area contributed by atoms with Crippen LogP contribution in [0.25, 0.3) is 0 Å². The van der Waals surface area contributed by atoms with Gasteiger partial charge in [0.25, 0.3) is 0 Å². The number of carbonyl (C=O) groups is 1. The number of anilines is 1. The minimum absolute atomic E-state index is 0.0561. The minimum atomic E-state index is -0.0604. The van der Waals surface area contributed by atoms with Crippen LogP contribution in [0.2, 0.25) is 0 Å². The van der Waals surface area contributed by atoms with Gasteiger partial charge in [0.1, 0.15) is 0 Å². The van der Waals surface area contributed by atoms with Crippen LogP contribution >= 0.6 is 34.9 Å². The van der Waals surface area contributed by atoms with E-state index in [0.29, 0.717) is 16.4 Å². The van der Waals surface area contributed by atoms with E-state index in [1.54, 1.807) is 35.7 Å². The molecule has 0 saturated heterocycles. The molecule has 0 saturated carbocycles. The quantitative estimate of drug-likeness (QED) is 0.600. The van der Waals surface area contributed by atoms with Crippen LogP contribution in [0.4, 0.5) is 5.13 Å². The summed E-state index contributed by atoms with van der Waals surface area (Å²) in [5.41, 5.74) is 1.76. The Bertz CT molecular complexity index is 729. The molecular weight excluding hydrogens is 360 g/mol. The smallest absolute Gasteiger partial charge is 0.236 e. The summed E-state index contributed by atoms with van der Waals surface area (Å²) in [6.45, 7) is 6.23. The van der Waals surface area contributed by atoms with E-state index in [0.717, 1.165) is 15.7 Å². The van der Waals surface area contributed by atoms with Gasteiger partial charge in [-0.2, -0.15) is 5.26 Å². The highest BCUT2D eigenvalue weighted by molar-refractivity contribution is 8.01.